The molecule has 4 heteroatoms. The molecule has 1 aromatic carbocycles. The Morgan fingerprint density at radius 2 is 2.19 bits per heavy atom. The van der Waals surface area contributed by atoms with Crippen molar-refractivity contribution in [3.63, 3.8) is 0 Å². The molecule has 0 spiro atoms. The predicted octanol–water partition coefficient (Wildman–Crippen LogP) is 3.25. The van der Waals surface area contributed by atoms with Crippen LogP contribution in [0, 0.1) is 0 Å². The Hall–Kier alpha value is -1.42. The summed E-state index contributed by atoms with van der Waals surface area (Å²) in [5, 5.41) is 0. The molecule has 1 atom stereocenters. The molecule has 0 amide bonds. The fraction of sp³-hybridized carbons (Fsp3) is 0.333. The van der Waals surface area contributed by atoms with Gasteiger partial charge in [-0.15, -0.1) is 6.58 Å². The van der Waals surface area contributed by atoms with Crippen LogP contribution in [0.25, 0.3) is 0 Å². The minimum Gasteiger partial charge on any atom is -0.435 e. The Bertz CT molecular complexity index is 366. The molecule has 0 aromatic heterocycles. The average Bonchev–Trinajstić information content (AvgIpc) is 2.16. The van der Waals surface area contributed by atoms with Crippen molar-refractivity contribution in [3.05, 3.63) is 42.0 Å². The van der Waals surface area contributed by atoms with E-state index in [9.17, 15) is 8.78 Å². The van der Waals surface area contributed by atoms with Crippen LogP contribution in [0.3, 0.4) is 0 Å². The molecule has 88 valence electrons. The highest BCUT2D eigenvalue weighted by atomic mass is 19.3. The molecular formula is C12H15F2NO. The van der Waals surface area contributed by atoms with Crippen molar-refractivity contribution in [2.75, 3.05) is 0 Å². The molecule has 2 N–H and O–H groups in total. The summed E-state index contributed by atoms with van der Waals surface area (Å²) in [6, 6.07) is 6.19. The van der Waals surface area contributed by atoms with Crippen LogP contribution in [-0.4, -0.2) is 6.61 Å². The van der Waals surface area contributed by atoms with Crippen molar-refractivity contribution in [3.8, 4) is 5.75 Å². The molecule has 1 aromatic rings. The van der Waals surface area contributed by atoms with E-state index in [2.05, 4.69) is 11.3 Å². The largest absolute Gasteiger partial charge is 0.435 e. The summed E-state index contributed by atoms with van der Waals surface area (Å²) >= 11 is 0. The number of rotatable bonds is 5. The second-order valence-electron chi connectivity index (χ2n) is 3.72. The first-order chi connectivity index (χ1) is 7.49. The van der Waals surface area contributed by atoms with Gasteiger partial charge in [0.05, 0.1) is 0 Å². The predicted molar refractivity (Wildman–Crippen MR) is 59.4 cm³/mol. The first-order valence-corrected chi connectivity index (χ1v) is 4.93. The van der Waals surface area contributed by atoms with Gasteiger partial charge < -0.3 is 10.5 Å². The molecule has 0 unspecified atom stereocenters. The van der Waals surface area contributed by atoms with Gasteiger partial charge in [-0.2, -0.15) is 8.78 Å². The van der Waals surface area contributed by atoms with Crippen LogP contribution in [0.15, 0.2) is 36.4 Å². The topological polar surface area (TPSA) is 35.2 Å². The lowest BCUT2D eigenvalue weighted by Gasteiger charge is -2.13. The molecule has 1 rings (SSSR count). The Kier molecular flexibility index (Phi) is 4.43. The van der Waals surface area contributed by atoms with Gasteiger partial charge in [0.15, 0.2) is 0 Å². The van der Waals surface area contributed by atoms with Crippen LogP contribution < -0.4 is 10.5 Å². The van der Waals surface area contributed by atoms with E-state index in [4.69, 9.17) is 5.73 Å². The van der Waals surface area contributed by atoms with Gasteiger partial charge in [0.25, 0.3) is 0 Å². The average molecular weight is 227 g/mol. The van der Waals surface area contributed by atoms with Crippen LogP contribution in [0.2, 0.25) is 0 Å². The molecule has 0 fully saturated rings. The van der Waals surface area contributed by atoms with E-state index in [0.29, 0.717) is 6.42 Å². The van der Waals surface area contributed by atoms with Gasteiger partial charge in [-0.3, -0.25) is 0 Å². The van der Waals surface area contributed by atoms with Crippen molar-refractivity contribution in [2.45, 2.75) is 26.0 Å². The van der Waals surface area contributed by atoms with E-state index < -0.39 is 6.61 Å². The number of nitrogens with two attached hydrogens (primary N) is 1. The highest BCUT2D eigenvalue weighted by molar-refractivity contribution is 5.31. The summed E-state index contributed by atoms with van der Waals surface area (Å²) in [6.45, 7) is 2.82. The molecule has 0 bridgehead atoms. The Balaban J connectivity index is 2.77. The highest BCUT2D eigenvalue weighted by Gasteiger charge is 2.09. The van der Waals surface area contributed by atoms with Crippen molar-refractivity contribution in [1.82, 2.24) is 0 Å². The maximum absolute atomic E-state index is 12.0. The standard InChI is InChI=1S/C12H15F2NO/c1-8(2)6-11(15)9-4-3-5-10(7-9)16-12(13)14/h3-5,7,11-12H,1,6,15H2,2H3/t11-/m0/s1. The van der Waals surface area contributed by atoms with E-state index >= 15 is 0 Å². The normalized spacial score (nSPS) is 12.6. The Morgan fingerprint density at radius 1 is 1.50 bits per heavy atom. The van der Waals surface area contributed by atoms with Gasteiger partial charge in [-0.05, 0) is 31.0 Å². The van der Waals surface area contributed by atoms with Gasteiger partial charge in [0.1, 0.15) is 5.75 Å². The zero-order valence-corrected chi connectivity index (χ0v) is 9.12. The lowest BCUT2D eigenvalue weighted by Crippen LogP contribution is -2.11. The minimum absolute atomic E-state index is 0.129. The van der Waals surface area contributed by atoms with E-state index in [1.54, 1.807) is 12.1 Å². The van der Waals surface area contributed by atoms with Crippen LogP contribution >= 0.6 is 0 Å². The monoisotopic (exact) mass is 227 g/mol. The van der Waals surface area contributed by atoms with Crippen LogP contribution in [0.1, 0.15) is 24.9 Å². The van der Waals surface area contributed by atoms with E-state index in [0.717, 1.165) is 11.1 Å². The number of alkyl halides is 2. The first kappa shape index (κ1) is 12.6. The first-order valence-electron chi connectivity index (χ1n) is 4.93. The quantitative estimate of drug-likeness (QED) is 0.783. The van der Waals surface area contributed by atoms with Gasteiger partial charge in [-0.25, -0.2) is 0 Å². The highest BCUT2D eigenvalue weighted by Crippen LogP contribution is 2.22. The van der Waals surface area contributed by atoms with Crippen molar-refractivity contribution < 1.29 is 13.5 Å². The molecule has 0 aliphatic rings. The van der Waals surface area contributed by atoms with E-state index in [1.165, 1.54) is 12.1 Å². The number of ether oxygens (including phenoxy) is 1. The number of hydrogen-bond donors (Lipinski definition) is 1. The SMILES string of the molecule is C=C(C)C[C@H](N)c1cccc(OC(F)F)c1. The van der Waals surface area contributed by atoms with E-state index in [-0.39, 0.29) is 11.8 Å². The summed E-state index contributed by atoms with van der Waals surface area (Å²) in [6.07, 6.45) is 0.623. The van der Waals surface area contributed by atoms with Crippen LogP contribution in [0.4, 0.5) is 8.78 Å². The minimum atomic E-state index is -2.81. The van der Waals surface area contributed by atoms with Gasteiger partial charge in [0, 0.05) is 6.04 Å². The van der Waals surface area contributed by atoms with E-state index in [1.807, 2.05) is 6.92 Å². The van der Waals surface area contributed by atoms with Crippen molar-refractivity contribution in [2.24, 2.45) is 5.73 Å². The van der Waals surface area contributed by atoms with Gasteiger partial charge >= 0.3 is 6.61 Å². The Labute approximate surface area is 93.7 Å². The maximum atomic E-state index is 12.0. The Morgan fingerprint density at radius 3 is 2.75 bits per heavy atom. The number of hydrogen-bond acceptors (Lipinski definition) is 2. The molecular weight excluding hydrogens is 212 g/mol. The van der Waals surface area contributed by atoms with Crippen LogP contribution in [0.5, 0.6) is 5.75 Å². The molecule has 2 nitrogen and oxygen atoms in total. The molecule has 0 heterocycles. The van der Waals surface area contributed by atoms with Crippen LogP contribution in [-0.2, 0) is 0 Å². The lowest BCUT2D eigenvalue weighted by molar-refractivity contribution is -0.0498. The molecule has 0 aliphatic carbocycles. The third-order valence-electron chi connectivity index (χ3n) is 2.08. The molecule has 0 saturated carbocycles. The van der Waals surface area contributed by atoms with Gasteiger partial charge in [-0.1, -0.05) is 17.7 Å². The number of halogens is 2. The fourth-order valence-corrected chi connectivity index (χ4v) is 1.41. The smallest absolute Gasteiger partial charge is 0.387 e. The second kappa shape index (κ2) is 5.61. The zero-order valence-electron chi connectivity index (χ0n) is 9.12. The molecule has 16 heavy (non-hydrogen) atoms. The molecule has 0 aliphatic heterocycles. The maximum Gasteiger partial charge on any atom is 0.387 e. The third-order valence-corrected chi connectivity index (χ3v) is 2.08. The summed E-state index contributed by atoms with van der Waals surface area (Å²) in [7, 11) is 0. The molecule has 0 radical (unpaired) electrons. The summed E-state index contributed by atoms with van der Waals surface area (Å²) in [4.78, 5) is 0. The lowest BCUT2D eigenvalue weighted by atomic mass is 10.0. The second-order valence-corrected chi connectivity index (χ2v) is 3.72. The van der Waals surface area contributed by atoms with Gasteiger partial charge in [0.2, 0.25) is 0 Å². The number of benzene rings is 1. The fourth-order valence-electron chi connectivity index (χ4n) is 1.41. The molecule has 0 saturated heterocycles. The van der Waals surface area contributed by atoms with Crippen molar-refractivity contribution >= 4 is 0 Å². The van der Waals surface area contributed by atoms with Crippen molar-refractivity contribution in [1.29, 1.82) is 0 Å². The summed E-state index contributed by atoms with van der Waals surface area (Å²) < 4.78 is 28.3. The summed E-state index contributed by atoms with van der Waals surface area (Å²) in [5.74, 6) is 0.129. The zero-order chi connectivity index (χ0) is 12.1. The third kappa shape index (κ3) is 3.98. The summed E-state index contributed by atoms with van der Waals surface area (Å²) in [5.41, 5.74) is 7.61.